The van der Waals surface area contributed by atoms with Crippen molar-refractivity contribution >= 4 is 56.7 Å². The van der Waals surface area contributed by atoms with Crippen LogP contribution in [0.4, 0.5) is 6.01 Å². The predicted molar refractivity (Wildman–Crippen MR) is 121 cm³/mol. The van der Waals surface area contributed by atoms with Gasteiger partial charge in [0.05, 0.1) is 21.4 Å². The van der Waals surface area contributed by atoms with Gasteiger partial charge >= 0.3 is 6.01 Å². The van der Waals surface area contributed by atoms with Crippen molar-refractivity contribution in [3.8, 4) is 11.5 Å². The van der Waals surface area contributed by atoms with Crippen molar-refractivity contribution in [1.82, 2.24) is 14.5 Å². The summed E-state index contributed by atoms with van der Waals surface area (Å²) in [7, 11) is -3.74. The molecule has 1 amide bonds. The van der Waals surface area contributed by atoms with Crippen LogP contribution in [0.25, 0.3) is 11.5 Å². The number of amides is 1. The van der Waals surface area contributed by atoms with Crippen LogP contribution in [0, 0.1) is 5.92 Å². The van der Waals surface area contributed by atoms with Crippen LogP contribution in [0.1, 0.15) is 12.8 Å². The number of hydrogen-bond acceptors (Lipinski definition) is 6. The lowest BCUT2D eigenvalue weighted by molar-refractivity contribution is -0.121. The summed E-state index contributed by atoms with van der Waals surface area (Å²) in [6.07, 6.45) is 1.07. The van der Waals surface area contributed by atoms with E-state index in [2.05, 4.69) is 15.5 Å². The van der Waals surface area contributed by atoms with Gasteiger partial charge in [-0.15, -0.1) is 5.10 Å². The minimum Gasteiger partial charge on any atom is -0.403 e. The van der Waals surface area contributed by atoms with Crippen LogP contribution >= 0.6 is 34.8 Å². The zero-order chi connectivity index (χ0) is 22.9. The normalized spacial score (nSPS) is 17.3. The molecule has 1 N–H and O–H groups in total. The fraction of sp³-hybridized carbons (Fsp3) is 0.250. The molecular weight excluding hydrogens is 499 g/mol. The molecule has 1 aromatic heterocycles. The molecule has 8 nitrogen and oxygen atoms in total. The monoisotopic (exact) mass is 514 g/mol. The van der Waals surface area contributed by atoms with Crippen molar-refractivity contribution < 1.29 is 17.6 Å². The number of halogens is 3. The highest BCUT2D eigenvalue weighted by atomic mass is 35.5. The molecule has 168 valence electrons. The average molecular weight is 516 g/mol. The van der Waals surface area contributed by atoms with Gasteiger partial charge in [-0.1, -0.05) is 39.9 Å². The van der Waals surface area contributed by atoms with Crippen molar-refractivity contribution in [3.05, 3.63) is 57.5 Å². The minimum absolute atomic E-state index is 0.0396. The van der Waals surface area contributed by atoms with Crippen LogP contribution in [0.2, 0.25) is 15.1 Å². The molecule has 1 atom stereocenters. The molecule has 0 saturated carbocycles. The minimum atomic E-state index is -3.74. The number of benzene rings is 2. The second-order valence-electron chi connectivity index (χ2n) is 7.18. The number of anilines is 1. The van der Waals surface area contributed by atoms with Gasteiger partial charge in [0.25, 0.3) is 5.89 Å². The molecule has 4 rings (SSSR count). The van der Waals surface area contributed by atoms with E-state index in [1.54, 1.807) is 18.2 Å². The maximum atomic E-state index is 12.9. The number of nitrogens with one attached hydrogen (secondary N) is 1. The quantitative estimate of drug-likeness (QED) is 0.526. The number of hydrogen-bond donors (Lipinski definition) is 1. The molecule has 0 aliphatic carbocycles. The second kappa shape index (κ2) is 9.36. The first-order chi connectivity index (χ1) is 15.2. The highest BCUT2D eigenvalue weighted by Gasteiger charge is 2.34. The zero-order valence-electron chi connectivity index (χ0n) is 16.5. The van der Waals surface area contributed by atoms with E-state index in [4.69, 9.17) is 39.2 Å². The molecule has 1 unspecified atom stereocenters. The van der Waals surface area contributed by atoms with Gasteiger partial charge < -0.3 is 4.42 Å². The van der Waals surface area contributed by atoms with Gasteiger partial charge in [-0.3, -0.25) is 10.1 Å². The molecule has 1 fully saturated rings. The van der Waals surface area contributed by atoms with Crippen LogP contribution < -0.4 is 5.32 Å². The van der Waals surface area contributed by atoms with Crippen molar-refractivity contribution in [2.24, 2.45) is 5.92 Å². The number of aromatic nitrogens is 2. The van der Waals surface area contributed by atoms with Crippen molar-refractivity contribution in [2.75, 3.05) is 18.4 Å². The topological polar surface area (TPSA) is 105 Å². The Balaban J connectivity index is 1.46. The molecule has 2 heterocycles. The average Bonchev–Trinajstić information content (AvgIpc) is 3.24. The molecule has 0 spiro atoms. The van der Waals surface area contributed by atoms with E-state index >= 15 is 0 Å². The summed E-state index contributed by atoms with van der Waals surface area (Å²) in [5, 5.41) is 11.5. The lowest BCUT2D eigenvalue weighted by Crippen LogP contribution is -2.43. The molecule has 3 aromatic rings. The Hall–Kier alpha value is -2.17. The molecule has 12 heteroatoms. The van der Waals surface area contributed by atoms with Crippen molar-refractivity contribution in [2.45, 2.75) is 17.7 Å². The zero-order valence-corrected chi connectivity index (χ0v) is 19.5. The third-order valence-electron chi connectivity index (χ3n) is 5.02. The van der Waals surface area contributed by atoms with Crippen LogP contribution in [-0.2, 0) is 14.8 Å². The van der Waals surface area contributed by atoms with E-state index in [0.29, 0.717) is 40.0 Å². The highest BCUT2D eigenvalue weighted by Crippen LogP contribution is 2.31. The lowest BCUT2D eigenvalue weighted by Gasteiger charge is -2.30. The van der Waals surface area contributed by atoms with Gasteiger partial charge in [0.15, 0.2) is 0 Å². The largest absolute Gasteiger partial charge is 0.403 e. The van der Waals surface area contributed by atoms with E-state index in [0.717, 1.165) is 0 Å². The lowest BCUT2D eigenvalue weighted by atomic mass is 9.99. The molecule has 2 aromatic carbocycles. The fourth-order valence-corrected chi connectivity index (χ4v) is 5.40. The van der Waals surface area contributed by atoms with Gasteiger partial charge in [-0.25, -0.2) is 8.42 Å². The third kappa shape index (κ3) is 4.92. The van der Waals surface area contributed by atoms with Crippen molar-refractivity contribution in [1.29, 1.82) is 0 Å². The van der Waals surface area contributed by atoms with Gasteiger partial charge in [0.2, 0.25) is 15.9 Å². The predicted octanol–water partition coefficient (Wildman–Crippen LogP) is 4.74. The summed E-state index contributed by atoms with van der Waals surface area (Å²) in [6, 6.07) is 10.6. The van der Waals surface area contributed by atoms with Gasteiger partial charge in [-0.05, 0) is 55.3 Å². The highest BCUT2D eigenvalue weighted by molar-refractivity contribution is 7.89. The molecule has 1 aliphatic rings. The van der Waals surface area contributed by atoms with Crippen LogP contribution in [-0.4, -0.2) is 41.9 Å². The SMILES string of the molecule is O=C(Nc1nnc(-c2cc(Cl)ccc2Cl)o1)C1CCCN(S(=O)(=O)c2ccc(Cl)cc2)C1. The van der Waals surface area contributed by atoms with E-state index in [1.807, 2.05) is 0 Å². The van der Waals surface area contributed by atoms with Crippen LogP contribution in [0.15, 0.2) is 51.8 Å². The number of carbonyl (C=O) groups excluding carboxylic acids is 1. The Morgan fingerprint density at radius 2 is 1.78 bits per heavy atom. The van der Waals surface area contributed by atoms with E-state index in [1.165, 1.54) is 28.6 Å². The van der Waals surface area contributed by atoms with Crippen LogP contribution in [0.5, 0.6) is 0 Å². The van der Waals surface area contributed by atoms with Crippen LogP contribution in [0.3, 0.4) is 0 Å². The Morgan fingerprint density at radius 3 is 2.53 bits per heavy atom. The Labute approximate surface area is 199 Å². The summed E-state index contributed by atoms with van der Waals surface area (Å²) in [6.45, 7) is 0.366. The molecule has 0 bridgehead atoms. The maximum absolute atomic E-state index is 12.9. The number of sulfonamides is 1. The molecular formula is C20H17Cl3N4O4S. The van der Waals surface area contributed by atoms with Gasteiger partial charge in [-0.2, -0.15) is 4.31 Å². The summed E-state index contributed by atoms with van der Waals surface area (Å²) < 4.78 is 32.7. The molecule has 1 saturated heterocycles. The fourth-order valence-electron chi connectivity index (χ4n) is 3.38. The van der Waals surface area contributed by atoms with E-state index in [9.17, 15) is 13.2 Å². The standard InChI is InChI=1S/C20H17Cl3N4O4S/c21-13-3-6-15(7-4-13)32(29,30)27-9-1-2-12(11-27)18(28)24-20-26-25-19(31-20)16-10-14(22)5-8-17(16)23/h3-8,10,12H,1-2,9,11H2,(H,24,26,28). The van der Waals surface area contributed by atoms with Gasteiger partial charge in [0, 0.05) is 23.1 Å². The second-order valence-corrected chi connectivity index (χ2v) is 10.4. The number of rotatable bonds is 5. The first-order valence-corrected chi connectivity index (χ1v) is 12.2. The summed E-state index contributed by atoms with van der Waals surface area (Å²) in [5.74, 6) is -0.882. The van der Waals surface area contributed by atoms with E-state index < -0.39 is 21.8 Å². The van der Waals surface area contributed by atoms with E-state index in [-0.39, 0.29) is 23.3 Å². The first kappa shape index (κ1) is 23.0. The van der Waals surface area contributed by atoms with Gasteiger partial charge in [0.1, 0.15) is 0 Å². The maximum Gasteiger partial charge on any atom is 0.322 e. The first-order valence-electron chi connectivity index (χ1n) is 9.59. The number of piperidine rings is 1. The summed E-state index contributed by atoms with van der Waals surface area (Å²) in [5.41, 5.74) is 0.435. The Kier molecular flexibility index (Phi) is 6.73. The van der Waals surface area contributed by atoms with Crippen molar-refractivity contribution in [3.63, 3.8) is 0 Å². The third-order valence-corrected chi connectivity index (χ3v) is 7.72. The summed E-state index contributed by atoms with van der Waals surface area (Å²) in [4.78, 5) is 12.9. The molecule has 32 heavy (non-hydrogen) atoms. The Morgan fingerprint density at radius 1 is 1.06 bits per heavy atom. The Bertz CT molecular complexity index is 1250. The molecule has 1 aliphatic heterocycles. The number of nitrogens with zero attached hydrogens (tertiary/aromatic N) is 3. The molecule has 0 radical (unpaired) electrons. The number of carbonyl (C=O) groups is 1. The summed E-state index contributed by atoms with van der Waals surface area (Å²) >= 11 is 18.0. The smallest absolute Gasteiger partial charge is 0.322 e.